The second-order valence-electron chi connectivity index (χ2n) is 11.5. The maximum Gasteiger partial charge on any atom is 0.474 e. The van der Waals surface area contributed by atoms with Gasteiger partial charge in [0.25, 0.3) is 5.91 Å². The van der Waals surface area contributed by atoms with Crippen LogP contribution in [0.1, 0.15) is 62.3 Å². The topological polar surface area (TPSA) is 222 Å². The van der Waals surface area contributed by atoms with Gasteiger partial charge >= 0.3 is 7.82 Å². The van der Waals surface area contributed by atoms with Gasteiger partial charge in [-0.15, -0.1) is 11.3 Å². The number of phosphoric acid groups is 1. The number of pyridine rings is 1. The molecule has 266 valence electrons. The molecule has 5 rings (SSSR count). The summed E-state index contributed by atoms with van der Waals surface area (Å²) in [7, 11) is -4.68. The van der Waals surface area contributed by atoms with Crippen LogP contribution in [0.5, 0.6) is 0 Å². The number of phosphoric ester groups is 1. The van der Waals surface area contributed by atoms with Crippen molar-refractivity contribution >= 4 is 30.8 Å². The van der Waals surface area contributed by atoms with E-state index in [1.807, 2.05) is 6.92 Å². The highest BCUT2D eigenvalue weighted by Crippen LogP contribution is 2.47. The highest BCUT2D eigenvalue weighted by atomic mass is 32.1. The lowest BCUT2D eigenvalue weighted by Gasteiger charge is -2.28. The SMILES string of the molecule is CCOC1CCC(n2cc(NC(=O)c3csc(-c4cnn(C(C)OP(=O)(O)OCC(N)(CO)CO)c4)n3)c(-c3nc(F)ccc3F)n2)CC1. The number of aliphatic hydroxyl groups excluding tert-OH is 2. The third-order valence-corrected chi connectivity index (χ3v) is 9.74. The van der Waals surface area contributed by atoms with Crippen LogP contribution in [0.15, 0.2) is 36.1 Å². The number of amides is 1. The number of halogens is 2. The minimum atomic E-state index is -4.68. The normalized spacial score (nSPS) is 18.7. The summed E-state index contributed by atoms with van der Waals surface area (Å²) in [5.74, 6) is -2.34. The third kappa shape index (κ3) is 8.99. The minimum Gasteiger partial charge on any atom is -0.394 e. The number of carbonyl (C=O) groups is 1. The number of nitrogens with zero attached hydrogens (tertiary/aromatic N) is 6. The Morgan fingerprint density at radius 1 is 1.18 bits per heavy atom. The molecule has 0 radical (unpaired) electrons. The van der Waals surface area contributed by atoms with Crippen molar-refractivity contribution in [3.8, 4) is 22.0 Å². The molecule has 4 heterocycles. The van der Waals surface area contributed by atoms with Gasteiger partial charge in [0.1, 0.15) is 22.1 Å². The molecule has 1 aliphatic rings. The maximum absolute atomic E-state index is 14.8. The molecule has 0 spiro atoms. The maximum atomic E-state index is 14.8. The van der Waals surface area contributed by atoms with Crippen LogP contribution in [0.25, 0.3) is 22.0 Å². The average Bonchev–Trinajstić information content (AvgIpc) is 3.86. The third-order valence-electron chi connectivity index (χ3n) is 7.83. The van der Waals surface area contributed by atoms with E-state index < -0.39 is 57.1 Å². The lowest BCUT2D eigenvalue weighted by atomic mass is 9.93. The largest absolute Gasteiger partial charge is 0.474 e. The van der Waals surface area contributed by atoms with E-state index in [1.54, 1.807) is 10.9 Å². The summed E-state index contributed by atoms with van der Waals surface area (Å²) in [6.45, 7) is 1.95. The molecule has 49 heavy (non-hydrogen) atoms. The summed E-state index contributed by atoms with van der Waals surface area (Å²) < 4.78 is 59.9. The van der Waals surface area contributed by atoms with E-state index in [2.05, 4.69) is 25.5 Å². The van der Waals surface area contributed by atoms with Gasteiger partial charge in [0.2, 0.25) is 5.95 Å². The first-order chi connectivity index (χ1) is 23.3. The minimum absolute atomic E-state index is 0.0203. The van der Waals surface area contributed by atoms with Gasteiger partial charge in [0, 0.05) is 29.9 Å². The number of carbonyl (C=O) groups excluding carboxylic acids is 1. The van der Waals surface area contributed by atoms with Crippen LogP contribution in [0.3, 0.4) is 0 Å². The summed E-state index contributed by atoms with van der Waals surface area (Å²) in [5.41, 5.74) is 4.25. The molecule has 1 saturated carbocycles. The molecule has 1 fully saturated rings. The lowest BCUT2D eigenvalue weighted by molar-refractivity contribution is 0.0260. The van der Waals surface area contributed by atoms with Crippen molar-refractivity contribution in [2.45, 2.75) is 63.4 Å². The number of ether oxygens (including phenoxy) is 1. The Labute approximate surface area is 283 Å². The van der Waals surface area contributed by atoms with Gasteiger partial charge in [0.05, 0.1) is 49.4 Å². The van der Waals surface area contributed by atoms with Crippen molar-refractivity contribution in [2.24, 2.45) is 5.73 Å². The molecule has 6 N–H and O–H groups in total. The number of rotatable bonds is 15. The van der Waals surface area contributed by atoms with E-state index in [0.29, 0.717) is 17.2 Å². The summed E-state index contributed by atoms with van der Waals surface area (Å²) in [4.78, 5) is 31.5. The molecule has 0 aromatic carbocycles. The molecule has 16 nitrogen and oxygen atoms in total. The lowest BCUT2D eigenvalue weighted by Crippen LogP contribution is -2.51. The standard InChI is InChI=1S/C29H37F2N8O8PS/c1-3-45-20-6-4-19(5-7-20)39-12-22(26(37-39)25-21(30)8-9-24(31)36-25)34-27(42)23-13-49-28(35-23)18-10-33-38(11-18)17(2)47-48(43,44)46-16-29(32,14-40)15-41/h8-13,17,19-20,40-41H,3-7,14-16,32H2,1-2H3,(H,34,42)(H,43,44). The second kappa shape index (κ2) is 15.6. The van der Waals surface area contributed by atoms with Crippen molar-refractivity contribution in [3.05, 3.63) is 53.6 Å². The molecule has 4 aromatic heterocycles. The second-order valence-corrected chi connectivity index (χ2v) is 13.8. The predicted octanol–water partition coefficient (Wildman–Crippen LogP) is 3.65. The van der Waals surface area contributed by atoms with E-state index >= 15 is 0 Å². The van der Waals surface area contributed by atoms with Gasteiger partial charge < -0.3 is 30.9 Å². The number of nitrogens with one attached hydrogen (secondary N) is 1. The smallest absolute Gasteiger partial charge is 0.394 e. The average molecular weight is 727 g/mol. The van der Waals surface area contributed by atoms with Crippen molar-refractivity contribution in [3.63, 3.8) is 0 Å². The molecule has 0 bridgehead atoms. The number of hydrogen-bond acceptors (Lipinski definition) is 13. The summed E-state index contributed by atoms with van der Waals surface area (Å²) in [6, 6.07) is 1.79. The Bertz CT molecular complexity index is 1790. The molecule has 1 amide bonds. The fourth-order valence-electron chi connectivity index (χ4n) is 5.11. The van der Waals surface area contributed by atoms with Crippen LogP contribution in [-0.2, 0) is 18.3 Å². The van der Waals surface area contributed by atoms with E-state index in [9.17, 15) is 33.2 Å². The number of anilines is 1. The van der Waals surface area contributed by atoms with E-state index in [0.717, 1.165) is 49.2 Å². The Hall–Kier alpha value is -3.52. The fourth-order valence-corrected chi connectivity index (χ4v) is 6.85. The number of hydrogen-bond donors (Lipinski definition) is 5. The van der Waals surface area contributed by atoms with Crippen LogP contribution < -0.4 is 11.1 Å². The number of aromatic nitrogens is 6. The predicted molar refractivity (Wildman–Crippen MR) is 172 cm³/mol. The van der Waals surface area contributed by atoms with E-state index in [4.69, 9.17) is 19.5 Å². The Morgan fingerprint density at radius 2 is 1.92 bits per heavy atom. The quantitative estimate of drug-likeness (QED) is 0.0873. The van der Waals surface area contributed by atoms with Crippen LogP contribution in [0, 0.1) is 11.8 Å². The van der Waals surface area contributed by atoms with Crippen molar-refractivity contribution < 1.29 is 47.0 Å². The van der Waals surface area contributed by atoms with E-state index in [1.165, 1.54) is 29.4 Å². The molecule has 0 saturated heterocycles. The molecule has 4 aromatic rings. The zero-order valence-electron chi connectivity index (χ0n) is 26.6. The fraction of sp³-hybridized carbons (Fsp3) is 0.483. The number of nitrogens with two attached hydrogens (primary N) is 1. The zero-order chi connectivity index (χ0) is 35.3. The molecular weight excluding hydrogens is 689 g/mol. The van der Waals surface area contributed by atoms with Gasteiger partial charge in [0.15, 0.2) is 12.0 Å². The van der Waals surface area contributed by atoms with E-state index in [-0.39, 0.29) is 34.9 Å². The first kappa shape index (κ1) is 36.8. The van der Waals surface area contributed by atoms with Gasteiger partial charge in [-0.3, -0.25) is 18.5 Å². The monoisotopic (exact) mass is 726 g/mol. The molecule has 2 unspecified atom stereocenters. The van der Waals surface area contributed by atoms with Gasteiger partial charge in [-0.25, -0.2) is 23.6 Å². The number of thiazole rings is 1. The summed E-state index contributed by atoms with van der Waals surface area (Å²) in [5, 5.41) is 31.8. The molecule has 20 heteroatoms. The van der Waals surface area contributed by atoms with Crippen LogP contribution in [0.4, 0.5) is 14.5 Å². The van der Waals surface area contributed by atoms with Crippen molar-refractivity contribution in [1.82, 2.24) is 29.5 Å². The van der Waals surface area contributed by atoms with Crippen LogP contribution >= 0.6 is 19.2 Å². The molecule has 0 aliphatic heterocycles. The Kier molecular flexibility index (Phi) is 11.7. The Balaban J connectivity index is 1.30. The Morgan fingerprint density at radius 3 is 2.61 bits per heavy atom. The van der Waals surface area contributed by atoms with Crippen molar-refractivity contribution in [2.75, 3.05) is 31.7 Å². The molecular formula is C29H37F2N8O8PS. The molecule has 1 aliphatic carbocycles. The first-order valence-electron chi connectivity index (χ1n) is 15.3. The highest BCUT2D eigenvalue weighted by molar-refractivity contribution is 7.47. The summed E-state index contributed by atoms with van der Waals surface area (Å²) >= 11 is 1.12. The van der Waals surface area contributed by atoms with Crippen LogP contribution in [0.2, 0.25) is 0 Å². The zero-order valence-corrected chi connectivity index (χ0v) is 28.3. The summed E-state index contributed by atoms with van der Waals surface area (Å²) in [6.07, 6.45) is 6.61. The highest BCUT2D eigenvalue weighted by Gasteiger charge is 2.32. The molecule has 2 atom stereocenters. The van der Waals surface area contributed by atoms with Gasteiger partial charge in [-0.05, 0) is 51.7 Å². The van der Waals surface area contributed by atoms with Gasteiger partial charge in [-0.1, -0.05) is 0 Å². The first-order valence-corrected chi connectivity index (χ1v) is 17.7. The van der Waals surface area contributed by atoms with Crippen LogP contribution in [-0.4, -0.2) is 88.6 Å². The number of aliphatic hydroxyl groups is 2. The van der Waals surface area contributed by atoms with Gasteiger partial charge in [-0.2, -0.15) is 14.6 Å². The van der Waals surface area contributed by atoms with Crippen molar-refractivity contribution in [1.29, 1.82) is 0 Å².